The van der Waals surface area contributed by atoms with Crippen molar-refractivity contribution in [3.8, 4) is 0 Å². The van der Waals surface area contributed by atoms with E-state index in [2.05, 4.69) is 31.9 Å². The lowest BCUT2D eigenvalue weighted by molar-refractivity contribution is -0.107. The highest BCUT2D eigenvalue weighted by Gasteiger charge is 1.88. The molecule has 0 saturated heterocycles. The first kappa shape index (κ1) is 11.8. The highest BCUT2D eigenvalue weighted by atomic mass is 79.9. The molecule has 66 valence electrons. The third kappa shape index (κ3) is 5.49. The Balaban J connectivity index is 0.000000261. The Morgan fingerprint density at radius 2 is 1.58 bits per heavy atom. The van der Waals surface area contributed by atoms with Gasteiger partial charge in [0, 0.05) is 15.4 Å². The molecular weight excluding hydrogens is 284 g/mol. The Kier molecular flexibility index (Phi) is 7.40. The van der Waals surface area contributed by atoms with Crippen molar-refractivity contribution < 1.29 is 4.79 Å². The average Bonchev–Trinajstić information content (AvgIpc) is 2.11. The normalized spacial score (nSPS) is 8.25. The van der Waals surface area contributed by atoms with E-state index >= 15 is 0 Å². The molecule has 0 aromatic heterocycles. The van der Waals surface area contributed by atoms with Crippen molar-refractivity contribution in [3.63, 3.8) is 0 Å². The highest BCUT2D eigenvalue weighted by molar-refractivity contribution is 9.13. The molecule has 0 fully saturated rings. The first-order valence-corrected chi connectivity index (χ1v) is 5.14. The van der Waals surface area contributed by atoms with Crippen molar-refractivity contribution in [1.82, 2.24) is 0 Å². The fourth-order valence-corrected chi connectivity index (χ4v) is 1.01. The Bertz CT molecular complexity index is 215. The smallest absolute Gasteiger partial charge is 0.119 e. The molecule has 0 spiro atoms. The monoisotopic (exact) mass is 292 g/mol. The van der Waals surface area contributed by atoms with Crippen LogP contribution in [0, 0.1) is 0 Å². The second-order valence-electron chi connectivity index (χ2n) is 1.99. The van der Waals surface area contributed by atoms with Gasteiger partial charge in [-0.05, 0) is 44.0 Å². The molecule has 0 aliphatic rings. The SMILES string of the molecule is Brc1ccccc1Br.CCC=O. The second kappa shape index (κ2) is 7.50. The van der Waals surface area contributed by atoms with E-state index in [-0.39, 0.29) is 0 Å². The Morgan fingerprint density at radius 3 is 1.75 bits per heavy atom. The van der Waals surface area contributed by atoms with Gasteiger partial charge in [-0.3, -0.25) is 0 Å². The minimum absolute atomic E-state index is 0.639. The number of carbonyl (C=O) groups excluding carboxylic acids is 1. The quantitative estimate of drug-likeness (QED) is 0.720. The van der Waals surface area contributed by atoms with Crippen LogP contribution in [0.5, 0.6) is 0 Å². The van der Waals surface area contributed by atoms with Crippen LogP contribution >= 0.6 is 31.9 Å². The van der Waals surface area contributed by atoms with Gasteiger partial charge in [0.15, 0.2) is 0 Å². The first-order valence-electron chi connectivity index (χ1n) is 3.56. The van der Waals surface area contributed by atoms with Crippen LogP contribution in [-0.2, 0) is 4.79 Å². The summed E-state index contributed by atoms with van der Waals surface area (Å²) in [5, 5.41) is 0. The predicted molar refractivity (Wildman–Crippen MR) is 58.2 cm³/mol. The molecule has 1 nitrogen and oxygen atoms in total. The number of benzene rings is 1. The zero-order valence-electron chi connectivity index (χ0n) is 6.76. The van der Waals surface area contributed by atoms with Crippen LogP contribution in [0.4, 0.5) is 0 Å². The number of hydrogen-bond donors (Lipinski definition) is 0. The molecule has 0 unspecified atom stereocenters. The summed E-state index contributed by atoms with van der Waals surface area (Å²) in [6.07, 6.45) is 1.51. The summed E-state index contributed by atoms with van der Waals surface area (Å²) in [6.45, 7) is 1.81. The van der Waals surface area contributed by atoms with Crippen LogP contribution < -0.4 is 0 Å². The van der Waals surface area contributed by atoms with E-state index in [0.29, 0.717) is 6.42 Å². The lowest BCUT2D eigenvalue weighted by atomic mass is 10.4. The molecule has 0 heterocycles. The van der Waals surface area contributed by atoms with E-state index in [1.165, 1.54) is 0 Å². The highest BCUT2D eigenvalue weighted by Crippen LogP contribution is 2.20. The predicted octanol–water partition coefficient (Wildman–Crippen LogP) is 3.81. The van der Waals surface area contributed by atoms with Crippen LogP contribution in [0.3, 0.4) is 0 Å². The summed E-state index contributed by atoms with van der Waals surface area (Å²) in [7, 11) is 0. The lowest BCUT2D eigenvalue weighted by Gasteiger charge is -1.89. The van der Waals surface area contributed by atoms with Crippen LogP contribution in [0.1, 0.15) is 13.3 Å². The van der Waals surface area contributed by atoms with Gasteiger partial charge in [0.1, 0.15) is 6.29 Å². The van der Waals surface area contributed by atoms with Gasteiger partial charge in [0.05, 0.1) is 0 Å². The molecule has 0 aliphatic heterocycles. The second-order valence-corrected chi connectivity index (χ2v) is 3.70. The zero-order valence-corrected chi connectivity index (χ0v) is 9.93. The molecule has 0 atom stereocenters. The molecule has 0 bridgehead atoms. The molecule has 0 N–H and O–H groups in total. The Hall–Kier alpha value is -0.150. The van der Waals surface area contributed by atoms with Crippen molar-refractivity contribution in [3.05, 3.63) is 33.2 Å². The summed E-state index contributed by atoms with van der Waals surface area (Å²) in [6, 6.07) is 7.94. The van der Waals surface area contributed by atoms with E-state index in [9.17, 15) is 4.79 Å². The maximum atomic E-state index is 9.17. The van der Waals surface area contributed by atoms with E-state index in [4.69, 9.17) is 0 Å². The zero-order chi connectivity index (χ0) is 9.40. The van der Waals surface area contributed by atoms with E-state index in [1.54, 1.807) is 0 Å². The fraction of sp³-hybridized carbons (Fsp3) is 0.222. The van der Waals surface area contributed by atoms with Crippen molar-refractivity contribution in [2.75, 3.05) is 0 Å². The molecule has 0 radical (unpaired) electrons. The van der Waals surface area contributed by atoms with Gasteiger partial charge < -0.3 is 4.79 Å². The van der Waals surface area contributed by atoms with Gasteiger partial charge in [0.25, 0.3) is 0 Å². The minimum atomic E-state index is 0.639. The van der Waals surface area contributed by atoms with Gasteiger partial charge in [-0.1, -0.05) is 19.1 Å². The molecule has 12 heavy (non-hydrogen) atoms. The molecule has 0 aliphatic carbocycles. The minimum Gasteiger partial charge on any atom is -0.303 e. The third-order valence-electron chi connectivity index (χ3n) is 0.991. The topological polar surface area (TPSA) is 17.1 Å². The average molecular weight is 294 g/mol. The number of halogens is 2. The first-order chi connectivity index (χ1) is 5.72. The van der Waals surface area contributed by atoms with Gasteiger partial charge in [-0.25, -0.2) is 0 Å². The van der Waals surface area contributed by atoms with Gasteiger partial charge in [-0.2, -0.15) is 0 Å². The number of carbonyl (C=O) groups is 1. The number of aldehydes is 1. The van der Waals surface area contributed by atoms with Crippen molar-refractivity contribution in [2.24, 2.45) is 0 Å². The van der Waals surface area contributed by atoms with Crippen LogP contribution in [0.25, 0.3) is 0 Å². The maximum absolute atomic E-state index is 9.17. The summed E-state index contributed by atoms with van der Waals surface area (Å²) in [5.41, 5.74) is 0. The van der Waals surface area contributed by atoms with Gasteiger partial charge >= 0.3 is 0 Å². The lowest BCUT2D eigenvalue weighted by Crippen LogP contribution is -1.63. The molecule has 1 aromatic rings. The van der Waals surface area contributed by atoms with E-state index in [1.807, 2.05) is 31.2 Å². The summed E-state index contributed by atoms with van der Waals surface area (Å²) in [5.74, 6) is 0. The summed E-state index contributed by atoms with van der Waals surface area (Å²) < 4.78 is 2.19. The fourth-order valence-electron chi connectivity index (χ4n) is 0.439. The van der Waals surface area contributed by atoms with Gasteiger partial charge in [-0.15, -0.1) is 0 Å². The molecule has 1 aromatic carbocycles. The number of hydrogen-bond acceptors (Lipinski definition) is 1. The van der Waals surface area contributed by atoms with E-state index in [0.717, 1.165) is 15.2 Å². The van der Waals surface area contributed by atoms with E-state index < -0.39 is 0 Å². The van der Waals surface area contributed by atoms with Crippen molar-refractivity contribution >= 4 is 38.1 Å². The molecule has 0 amide bonds. The van der Waals surface area contributed by atoms with Crippen LogP contribution in [0.15, 0.2) is 33.2 Å². The molecular formula is C9H10Br2O. The van der Waals surface area contributed by atoms with Crippen LogP contribution in [0.2, 0.25) is 0 Å². The largest absolute Gasteiger partial charge is 0.303 e. The van der Waals surface area contributed by atoms with Crippen molar-refractivity contribution in [2.45, 2.75) is 13.3 Å². The van der Waals surface area contributed by atoms with Gasteiger partial charge in [0.2, 0.25) is 0 Å². The maximum Gasteiger partial charge on any atom is 0.119 e. The molecule has 3 heteroatoms. The van der Waals surface area contributed by atoms with Crippen molar-refractivity contribution in [1.29, 1.82) is 0 Å². The van der Waals surface area contributed by atoms with Crippen LogP contribution in [-0.4, -0.2) is 6.29 Å². The third-order valence-corrected chi connectivity index (χ3v) is 2.91. The summed E-state index contributed by atoms with van der Waals surface area (Å²) in [4.78, 5) is 9.17. The Morgan fingerprint density at radius 1 is 1.25 bits per heavy atom. The standard InChI is InChI=1S/C6H4Br2.C3H6O/c7-5-3-1-2-4-6(5)8;1-2-3-4/h1-4H;3H,2H2,1H3. The summed E-state index contributed by atoms with van der Waals surface area (Å²) >= 11 is 6.70. The molecule has 0 saturated carbocycles. The number of rotatable bonds is 1. The Labute approximate surface area is 89.4 Å². The molecule has 1 rings (SSSR count).